The second kappa shape index (κ2) is 4.92. The minimum atomic E-state index is 0.000324. The predicted octanol–water partition coefficient (Wildman–Crippen LogP) is 3.25. The number of hydrogen-bond donors (Lipinski definition) is 1. The van der Waals surface area contributed by atoms with E-state index in [0.717, 1.165) is 28.5 Å². The van der Waals surface area contributed by atoms with Crippen molar-refractivity contribution in [2.24, 2.45) is 0 Å². The summed E-state index contributed by atoms with van der Waals surface area (Å²) in [6.45, 7) is 2.09. The third kappa shape index (κ3) is 2.22. The number of ether oxygens (including phenoxy) is 1. The molecule has 0 spiro atoms. The maximum atomic E-state index is 12.1. The lowest BCUT2D eigenvalue weighted by atomic mass is 10.1. The van der Waals surface area contributed by atoms with Gasteiger partial charge < -0.3 is 9.72 Å². The van der Waals surface area contributed by atoms with Crippen LogP contribution >= 0.6 is 15.9 Å². The molecule has 1 N–H and O–H groups in total. The van der Waals surface area contributed by atoms with E-state index in [9.17, 15) is 4.79 Å². The topological polar surface area (TPSA) is 42.1 Å². The molecule has 0 bridgehead atoms. The summed E-state index contributed by atoms with van der Waals surface area (Å²) in [6, 6.07) is 5.33. The highest BCUT2D eigenvalue weighted by Crippen LogP contribution is 2.28. The quantitative estimate of drug-likeness (QED) is 0.944. The summed E-state index contributed by atoms with van der Waals surface area (Å²) in [5.41, 5.74) is 1.76. The molecule has 17 heavy (non-hydrogen) atoms. The third-order valence-corrected chi connectivity index (χ3v) is 3.35. The monoisotopic (exact) mass is 295 g/mol. The molecule has 0 aliphatic rings. The smallest absolute Gasteiger partial charge is 0.193 e. The number of methoxy groups -OCH3 is 1. The van der Waals surface area contributed by atoms with E-state index in [2.05, 4.69) is 27.8 Å². The Morgan fingerprint density at radius 2 is 2.18 bits per heavy atom. The Balaban J connectivity index is 2.79. The summed E-state index contributed by atoms with van der Waals surface area (Å²) in [6.07, 6.45) is 1.87. The summed E-state index contributed by atoms with van der Waals surface area (Å²) in [4.78, 5) is 15.4. The fourth-order valence-corrected chi connectivity index (χ4v) is 2.36. The van der Waals surface area contributed by atoms with Gasteiger partial charge in [-0.1, -0.05) is 13.3 Å². The molecular formula is C13H14BrNO2. The Morgan fingerprint density at radius 3 is 2.82 bits per heavy atom. The zero-order valence-corrected chi connectivity index (χ0v) is 11.4. The van der Waals surface area contributed by atoms with Crippen LogP contribution in [0.15, 0.2) is 27.5 Å². The van der Waals surface area contributed by atoms with Gasteiger partial charge in [0.2, 0.25) is 0 Å². The highest BCUT2D eigenvalue weighted by atomic mass is 79.9. The maximum absolute atomic E-state index is 12.1. The predicted molar refractivity (Wildman–Crippen MR) is 72.8 cm³/mol. The molecule has 0 fully saturated rings. The van der Waals surface area contributed by atoms with Crippen LogP contribution < -0.4 is 10.2 Å². The number of H-pyrrole nitrogens is 1. The Hall–Kier alpha value is -1.29. The molecule has 2 rings (SSSR count). The minimum Gasteiger partial charge on any atom is -0.496 e. The Bertz CT molecular complexity index is 604. The van der Waals surface area contributed by atoms with E-state index in [1.165, 1.54) is 0 Å². The largest absolute Gasteiger partial charge is 0.496 e. The van der Waals surface area contributed by atoms with Crippen molar-refractivity contribution >= 4 is 26.8 Å². The first-order valence-corrected chi connectivity index (χ1v) is 6.35. The first-order chi connectivity index (χ1) is 8.17. The molecule has 1 heterocycles. The summed E-state index contributed by atoms with van der Waals surface area (Å²) in [5.74, 6) is 0.604. The molecule has 4 heteroatoms. The number of nitrogens with one attached hydrogen (secondary N) is 1. The van der Waals surface area contributed by atoms with E-state index in [1.807, 2.05) is 6.07 Å². The number of aryl methyl sites for hydroxylation is 1. The molecule has 90 valence electrons. The summed E-state index contributed by atoms with van der Waals surface area (Å²) < 4.78 is 6.10. The minimum absolute atomic E-state index is 0.000324. The molecule has 0 atom stereocenters. The van der Waals surface area contributed by atoms with Gasteiger partial charge in [-0.3, -0.25) is 4.79 Å². The van der Waals surface area contributed by atoms with Crippen molar-refractivity contribution in [3.63, 3.8) is 0 Å². The van der Waals surface area contributed by atoms with Crippen molar-refractivity contribution in [2.75, 3.05) is 7.11 Å². The highest BCUT2D eigenvalue weighted by Gasteiger charge is 2.10. The SMILES string of the molecule is CCCc1cc(=O)c2c(OC)ccc(Br)c2[nH]1. The molecule has 0 saturated carbocycles. The molecule has 1 aromatic heterocycles. The number of pyridine rings is 1. The van der Waals surface area contributed by atoms with E-state index in [-0.39, 0.29) is 5.43 Å². The van der Waals surface area contributed by atoms with Crippen LogP contribution in [0.5, 0.6) is 5.75 Å². The van der Waals surface area contributed by atoms with Crippen molar-refractivity contribution in [2.45, 2.75) is 19.8 Å². The van der Waals surface area contributed by atoms with Crippen molar-refractivity contribution in [3.05, 3.63) is 38.6 Å². The number of benzene rings is 1. The Kier molecular flexibility index (Phi) is 3.52. The number of hydrogen-bond acceptors (Lipinski definition) is 2. The van der Waals surface area contributed by atoms with E-state index in [1.54, 1.807) is 19.2 Å². The van der Waals surface area contributed by atoms with Crippen molar-refractivity contribution in [1.29, 1.82) is 0 Å². The number of aromatic amines is 1. The fourth-order valence-electron chi connectivity index (χ4n) is 1.93. The normalized spacial score (nSPS) is 10.8. The van der Waals surface area contributed by atoms with Gasteiger partial charge in [0.05, 0.1) is 18.0 Å². The summed E-state index contributed by atoms with van der Waals surface area (Å²) in [5, 5.41) is 0.599. The van der Waals surface area contributed by atoms with Gasteiger partial charge in [-0.25, -0.2) is 0 Å². The van der Waals surface area contributed by atoms with Gasteiger partial charge in [0, 0.05) is 16.2 Å². The van der Waals surface area contributed by atoms with Gasteiger partial charge in [-0.05, 0) is 34.5 Å². The molecule has 0 unspecified atom stereocenters. The van der Waals surface area contributed by atoms with Crippen molar-refractivity contribution < 1.29 is 4.74 Å². The van der Waals surface area contributed by atoms with Gasteiger partial charge in [0.1, 0.15) is 5.75 Å². The molecule has 0 aliphatic carbocycles. The molecule has 1 aromatic carbocycles. The van der Waals surface area contributed by atoms with E-state index >= 15 is 0 Å². The van der Waals surface area contributed by atoms with Crippen LogP contribution in [0.25, 0.3) is 10.9 Å². The van der Waals surface area contributed by atoms with Crippen molar-refractivity contribution in [1.82, 2.24) is 4.98 Å². The number of aromatic nitrogens is 1. The number of fused-ring (bicyclic) bond motifs is 1. The molecule has 0 amide bonds. The summed E-state index contributed by atoms with van der Waals surface area (Å²) in [7, 11) is 1.57. The van der Waals surface area contributed by atoms with E-state index in [4.69, 9.17) is 4.74 Å². The van der Waals surface area contributed by atoms with Gasteiger partial charge in [0.25, 0.3) is 0 Å². The van der Waals surface area contributed by atoms with Gasteiger partial charge in [0.15, 0.2) is 5.43 Å². The molecule has 3 nitrogen and oxygen atoms in total. The fraction of sp³-hybridized carbons (Fsp3) is 0.308. The average Bonchev–Trinajstić information content (AvgIpc) is 2.31. The molecule has 2 aromatic rings. The van der Waals surface area contributed by atoms with Crippen LogP contribution in [0.4, 0.5) is 0 Å². The standard InChI is InChI=1S/C13H14BrNO2/c1-3-4-8-7-10(16)12-11(17-2)6-5-9(14)13(12)15-8/h5-7H,3-4H2,1-2H3,(H,15,16). The van der Waals surface area contributed by atoms with Gasteiger partial charge >= 0.3 is 0 Å². The van der Waals surface area contributed by atoms with Crippen molar-refractivity contribution in [3.8, 4) is 5.75 Å². The maximum Gasteiger partial charge on any atom is 0.193 e. The van der Waals surface area contributed by atoms with Crippen LogP contribution in [0.3, 0.4) is 0 Å². The third-order valence-electron chi connectivity index (χ3n) is 2.69. The van der Waals surface area contributed by atoms with Crippen LogP contribution in [-0.4, -0.2) is 12.1 Å². The highest BCUT2D eigenvalue weighted by molar-refractivity contribution is 9.10. The van der Waals surface area contributed by atoms with Crippen LogP contribution in [0.1, 0.15) is 19.0 Å². The summed E-state index contributed by atoms with van der Waals surface area (Å²) >= 11 is 3.45. The average molecular weight is 296 g/mol. The van der Waals surface area contributed by atoms with Gasteiger partial charge in [-0.15, -0.1) is 0 Å². The zero-order chi connectivity index (χ0) is 12.4. The number of rotatable bonds is 3. The lowest BCUT2D eigenvalue weighted by Crippen LogP contribution is -2.07. The second-order valence-electron chi connectivity index (χ2n) is 3.91. The zero-order valence-electron chi connectivity index (χ0n) is 9.84. The Morgan fingerprint density at radius 1 is 1.41 bits per heavy atom. The first kappa shape index (κ1) is 12.2. The van der Waals surface area contributed by atoms with Crippen LogP contribution in [0, 0.1) is 0 Å². The molecule has 0 radical (unpaired) electrons. The van der Waals surface area contributed by atoms with Crippen LogP contribution in [0.2, 0.25) is 0 Å². The first-order valence-electron chi connectivity index (χ1n) is 5.55. The lowest BCUT2D eigenvalue weighted by Gasteiger charge is -2.08. The van der Waals surface area contributed by atoms with E-state index in [0.29, 0.717) is 11.1 Å². The molecule has 0 saturated heterocycles. The van der Waals surface area contributed by atoms with Gasteiger partial charge in [-0.2, -0.15) is 0 Å². The second-order valence-corrected chi connectivity index (χ2v) is 4.76. The van der Waals surface area contributed by atoms with E-state index < -0.39 is 0 Å². The molecular weight excluding hydrogens is 282 g/mol. The molecule has 0 aliphatic heterocycles. The van der Waals surface area contributed by atoms with Crippen LogP contribution in [-0.2, 0) is 6.42 Å². The Labute approximate surface area is 108 Å². The number of halogens is 1. The lowest BCUT2D eigenvalue weighted by molar-refractivity contribution is 0.419.